The maximum Gasteiger partial charge on any atom is 0.223 e. The fourth-order valence-corrected chi connectivity index (χ4v) is 5.89. The number of allylic oxidation sites excluding steroid dienone is 5. The van der Waals surface area contributed by atoms with Gasteiger partial charge in [0, 0.05) is 36.6 Å². The fraction of sp³-hybridized carbons (Fsp3) is 0.452. The number of likely N-dealkylation sites (tertiary alicyclic amines) is 1. The van der Waals surface area contributed by atoms with Gasteiger partial charge in [0.15, 0.2) is 6.10 Å². The van der Waals surface area contributed by atoms with Gasteiger partial charge in [-0.05, 0) is 50.8 Å². The molecule has 1 aromatic carbocycles. The van der Waals surface area contributed by atoms with Gasteiger partial charge in [-0.25, -0.2) is 0 Å². The molecule has 0 radical (unpaired) electrons. The van der Waals surface area contributed by atoms with E-state index in [1.165, 1.54) is 35.1 Å². The van der Waals surface area contributed by atoms with E-state index < -0.39 is 0 Å². The molecule has 3 unspecified atom stereocenters. The maximum absolute atomic E-state index is 13.0. The molecule has 0 spiro atoms. The summed E-state index contributed by atoms with van der Waals surface area (Å²) in [5, 5.41) is 0. The van der Waals surface area contributed by atoms with Crippen molar-refractivity contribution in [1.29, 1.82) is 0 Å². The Bertz CT molecular complexity index is 1110. The Morgan fingerprint density at radius 3 is 2.66 bits per heavy atom. The first kappa shape index (κ1) is 23.9. The fourth-order valence-electron chi connectivity index (χ4n) is 5.89. The summed E-state index contributed by atoms with van der Waals surface area (Å²) < 4.78 is 13.1. The second kappa shape index (κ2) is 10.0. The Hall–Kier alpha value is -2.85. The van der Waals surface area contributed by atoms with Gasteiger partial charge in [0.25, 0.3) is 0 Å². The third kappa shape index (κ3) is 4.95. The SMILES string of the molecule is C=C(C)C=C1OC2C(=C(C3CC(=O)N(Cc4ccc(C)cc4)C3)C=CC2OC2CCCC2)C1=CC. The predicted octanol–water partition coefficient (Wildman–Crippen LogP) is 6.34. The van der Waals surface area contributed by atoms with Crippen molar-refractivity contribution >= 4 is 5.91 Å². The number of carbonyl (C=O) groups is 1. The largest absolute Gasteiger partial charge is 0.482 e. The Balaban J connectivity index is 1.43. The Kier molecular flexibility index (Phi) is 6.84. The van der Waals surface area contributed by atoms with Crippen LogP contribution in [0, 0.1) is 12.8 Å². The average molecular weight is 472 g/mol. The van der Waals surface area contributed by atoms with E-state index in [1.54, 1.807) is 0 Å². The van der Waals surface area contributed by atoms with E-state index in [0.29, 0.717) is 19.1 Å². The minimum absolute atomic E-state index is 0.108. The number of hydrogen-bond donors (Lipinski definition) is 0. The second-order valence-electron chi connectivity index (χ2n) is 10.5. The minimum Gasteiger partial charge on any atom is -0.482 e. The summed E-state index contributed by atoms with van der Waals surface area (Å²) in [6.45, 7) is 11.6. The summed E-state index contributed by atoms with van der Waals surface area (Å²) >= 11 is 0. The molecule has 3 atom stereocenters. The van der Waals surface area contributed by atoms with Crippen molar-refractivity contribution in [2.75, 3.05) is 6.54 Å². The van der Waals surface area contributed by atoms with E-state index in [2.05, 4.69) is 62.9 Å². The molecule has 0 bridgehead atoms. The number of hydrogen-bond acceptors (Lipinski definition) is 3. The van der Waals surface area contributed by atoms with Crippen LogP contribution in [0.3, 0.4) is 0 Å². The van der Waals surface area contributed by atoms with Crippen LogP contribution in [0.15, 0.2) is 83.2 Å². The normalized spacial score (nSPS) is 28.9. The van der Waals surface area contributed by atoms with E-state index in [9.17, 15) is 4.79 Å². The highest BCUT2D eigenvalue weighted by Gasteiger charge is 2.44. The van der Waals surface area contributed by atoms with Crippen molar-refractivity contribution in [3.63, 3.8) is 0 Å². The zero-order valence-electron chi connectivity index (χ0n) is 21.3. The van der Waals surface area contributed by atoms with Crippen LogP contribution in [0.4, 0.5) is 0 Å². The molecule has 2 aliphatic carbocycles. The molecular formula is C31H37NO3. The molecule has 2 aliphatic heterocycles. The molecule has 1 aromatic rings. The Morgan fingerprint density at radius 1 is 1.23 bits per heavy atom. The zero-order chi connectivity index (χ0) is 24.5. The Morgan fingerprint density at radius 2 is 1.97 bits per heavy atom. The van der Waals surface area contributed by atoms with Crippen molar-refractivity contribution in [3.05, 3.63) is 94.3 Å². The quantitative estimate of drug-likeness (QED) is 0.486. The molecule has 2 saturated heterocycles. The lowest BCUT2D eigenvalue weighted by Gasteiger charge is -2.30. The summed E-state index contributed by atoms with van der Waals surface area (Å²) in [5.74, 6) is 1.23. The standard InChI is InChI=1S/C31H37NO3/c1-5-25-28(16-20(2)3)35-31-27(34-24-8-6-7-9-24)15-14-26(30(25)31)23-17-29(33)32(19-23)18-22-12-10-21(4)11-13-22/h5,10-16,23-24,27,31H,2,6-9,17-19H2,1,3-4H3. The van der Waals surface area contributed by atoms with Gasteiger partial charge in [-0.3, -0.25) is 4.79 Å². The number of nitrogens with zero attached hydrogens (tertiary/aromatic N) is 1. The smallest absolute Gasteiger partial charge is 0.223 e. The first-order valence-electron chi connectivity index (χ1n) is 13.0. The second-order valence-corrected chi connectivity index (χ2v) is 10.5. The molecule has 2 heterocycles. The highest BCUT2D eigenvalue weighted by molar-refractivity contribution is 5.80. The van der Waals surface area contributed by atoms with Crippen molar-refractivity contribution in [2.24, 2.45) is 5.92 Å². The number of rotatable bonds is 6. The molecule has 184 valence electrons. The van der Waals surface area contributed by atoms with Gasteiger partial charge in [-0.15, -0.1) is 0 Å². The maximum atomic E-state index is 13.0. The molecule has 4 heteroatoms. The molecule has 0 N–H and O–H groups in total. The van der Waals surface area contributed by atoms with Gasteiger partial charge in [0.1, 0.15) is 11.9 Å². The number of fused-ring (bicyclic) bond motifs is 1. The zero-order valence-corrected chi connectivity index (χ0v) is 21.3. The molecule has 1 amide bonds. The van der Waals surface area contributed by atoms with Crippen LogP contribution in [0.2, 0.25) is 0 Å². The number of carbonyl (C=O) groups excluding carboxylic acids is 1. The lowest BCUT2D eigenvalue weighted by Crippen LogP contribution is -2.34. The van der Waals surface area contributed by atoms with Gasteiger partial charge in [-0.1, -0.05) is 73.1 Å². The van der Waals surface area contributed by atoms with E-state index in [4.69, 9.17) is 9.47 Å². The van der Waals surface area contributed by atoms with Crippen molar-refractivity contribution in [3.8, 4) is 0 Å². The molecule has 0 aromatic heterocycles. The van der Waals surface area contributed by atoms with Crippen LogP contribution < -0.4 is 0 Å². The first-order chi connectivity index (χ1) is 16.9. The van der Waals surface area contributed by atoms with E-state index in [-0.39, 0.29) is 24.0 Å². The van der Waals surface area contributed by atoms with Crippen LogP contribution >= 0.6 is 0 Å². The average Bonchev–Trinajstić information content (AvgIpc) is 3.55. The van der Waals surface area contributed by atoms with Gasteiger partial charge < -0.3 is 14.4 Å². The molecular weight excluding hydrogens is 434 g/mol. The van der Waals surface area contributed by atoms with Crippen LogP contribution in [-0.4, -0.2) is 35.7 Å². The number of aryl methyl sites for hydroxylation is 1. The van der Waals surface area contributed by atoms with E-state index >= 15 is 0 Å². The van der Waals surface area contributed by atoms with Crippen molar-refractivity contribution < 1.29 is 14.3 Å². The van der Waals surface area contributed by atoms with Crippen LogP contribution in [0.5, 0.6) is 0 Å². The van der Waals surface area contributed by atoms with Gasteiger partial charge in [0.2, 0.25) is 5.91 Å². The summed E-state index contributed by atoms with van der Waals surface area (Å²) in [6.07, 6.45) is 13.8. The number of benzene rings is 1. The topological polar surface area (TPSA) is 38.8 Å². The highest BCUT2D eigenvalue weighted by atomic mass is 16.6. The summed E-state index contributed by atoms with van der Waals surface area (Å²) in [4.78, 5) is 15.0. The molecule has 4 aliphatic rings. The first-order valence-corrected chi connectivity index (χ1v) is 13.0. The molecule has 5 rings (SSSR count). The molecule has 35 heavy (non-hydrogen) atoms. The monoisotopic (exact) mass is 471 g/mol. The lowest BCUT2D eigenvalue weighted by atomic mass is 9.82. The molecule has 1 saturated carbocycles. The van der Waals surface area contributed by atoms with E-state index in [0.717, 1.165) is 36.3 Å². The number of amides is 1. The van der Waals surface area contributed by atoms with Gasteiger partial charge in [0.05, 0.1) is 6.10 Å². The summed E-state index contributed by atoms with van der Waals surface area (Å²) in [5.41, 5.74) is 6.90. The van der Waals surface area contributed by atoms with Crippen LogP contribution in [0.1, 0.15) is 57.1 Å². The highest BCUT2D eigenvalue weighted by Crippen LogP contribution is 2.46. The summed E-state index contributed by atoms with van der Waals surface area (Å²) in [7, 11) is 0. The minimum atomic E-state index is -0.173. The van der Waals surface area contributed by atoms with Crippen molar-refractivity contribution in [2.45, 2.75) is 77.7 Å². The van der Waals surface area contributed by atoms with Gasteiger partial charge >= 0.3 is 0 Å². The third-order valence-corrected chi connectivity index (χ3v) is 7.64. The summed E-state index contributed by atoms with van der Waals surface area (Å²) in [6, 6.07) is 8.47. The predicted molar refractivity (Wildman–Crippen MR) is 140 cm³/mol. The van der Waals surface area contributed by atoms with E-state index in [1.807, 2.05) is 17.9 Å². The van der Waals surface area contributed by atoms with Crippen molar-refractivity contribution in [1.82, 2.24) is 4.90 Å². The van der Waals surface area contributed by atoms with Crippen LogP contribution in [-0.2, 0) is 20.8 Å². The number of ether oxygens (including phenoxy) is 2. The molecule has 3 fully saturated rings. The lowest BCUT2D eigenvalue weighted by molar-refractivity contribution is -0.128. The van der Waals surface area contributed by atoms with Gasteiger partial charge in [-0.2, -0.15) is 0 Å². The third-order valence-electron chi connectivity index (χ3n) is 7.64. The molecule has 4 nitrogen and oxygen atoms in total. The van der Waals surface area contributed by atoms with Crippen LogP contribution in [0.25, 0.3) is 0 Å². The Labute approximate surface area is 209 Å².